The molecule has 2 aromatic heterocycles. The van der Waals surface area contributed by atoms with Gasteiger partial charge in [0.15, 0.2) is 0 Å². The summed E-state index contributed by atoms with van der Waals surface area (Å²) < 4.78 is 19.2. The summed E-state index contributed by atoms with van der Waals surface area (Å²) in [5.41, 5.74) is 1.54. The van der Waals surface area contributed by atoms with Gasteiger partial charge in [-0.25, -0.2) is 14.4 Å². The molecule has 0 spiro atoms. The molecule has 0 radical (unpaired) electrons. The number of rotatable bonds is 6. The number of anilines is 1. The van der Waals surface area contributed by atoms with Gasteiger partial charge in [0.25, 0.3) is 5.91 Å². The van der Waals surface area contributed by atoms with Gasteiger partial charge < -0.3 is 19.6 Å². The first-order valence-electron chi connectivity index (χ1n) is 10.7. The maximum absolute atomic E-state index is 14.0. The van der Waals surface area contributed by atoms with Crippen molar-refractivity contribution in [2.24, 2.45) is 0 Å². The number of nitrogens with one attached hydrogen (secondary N) is 1. The minimum Gasteiger partial charge on any atom is -0.363 e. The van der Waals surface area contributed by atoms with Crippen LogP contribution in [-0.2, 0) is 6.54 Å². The van der Waals surface area contributed by atoms with Crippen LogP contribution in [0.3, 0.4) is 0 Å². The van der Waals surface area contributed by atoms with Crippen LogP contribution in [0, 0.1) is 5.82 Å². The van der Waals surface area contributed by atoms with Crippen LogP contribution < -0.4 is 10.2 Å². The fourth-order valence-electron chi connectivity index (χ4n) is 3.76. The lowest BCUT2D eigenvalue weighted by atomic mass is 9.96. The second-order valence-electron chi connectivity index (χ2n) is 8.22. The summed E-state index contributed by atoms with van der Waals surface area (Å²) in [6.45, 7) is 2.12. The molecular weight excluding hydrogens is 411 g/mol. The van der Waals surface area contributed by atoms with E-state index >= 15 is 0 Å². The number of benzene rings is 1. The smallest absolute Gasteiger partial charge is 0.292 e. The first kappa shape index (κ1) is 21.9. The third-order valence-electron chi connectivity index (χ3n) is 5.55. The van der Waals surface area contributed by atoms with Gasteiger partial charge in [-0.2, -0.15) is 0 Å². The third-order valence-corrected chi connectivity index (χ3v) is 5.55. The summed E-state index contributed by atoms with van der Waals surface area (Å²) in [6, 6.07) is 9.70. The van der Waals surface area contributed by atoms with Crippen LogP contribution in [0.1, 0.15) is 40.8 Å². The standard InChI is InChI=1S/C23H27FN6O2/c1-29(2)22-12-18(15-7-6-10-25-13-15)26-21(27-22)14-30(3)23(31)20-11-19(28-32-20)16-8-4-5-9-17(16)24/h4-5,8-9,11-12,15,25H,6-7,10,13-14H2,1-3H3. The first-order valence-corrected chi connectivity index (χ1v) is 10.7. The normalized spacial score (nSPS) is 16.1. The van der Waals surface area contributed by atoms with E-state index in [0.717, 1.165) is 37.4 Å². The van der Waals surface area contributed by atoms with E-state index in [1.807, 2.05) is 25.1 Å². The molecule has 1 aliphatic heterocycles. The molecule has 0 bridgehead atoms. The molecule has 168 valence electrons. The first-order chi connectivity index (χ1) is 15.4. The van der Waals surface area contributed by atoms with Crippen molar-refractivity contribution in [3.63, 3.8) is 0 Å². The average molecular weight is 439 g/mol. The van der Waals surface area contributed by atoms with Gasteiger partial charge in [0.05, 0.1) is 12.2 Å². The Labute approximate surface area is 186 Å². The number of piperidine rings is 1. The monoisotopic (exact) mass is 438 g/mol. The average Bonchev–Trinajstić information content (AvgIpc) is 3.29. The number of halogens is 1. The molecule has 9 heteroatoms. The number of amides is 1. The van der Waals surface area contributed by atoms with E-state index in [9.17, 15) is 9.18 Å². The molecule has 1 aliphatic rings. The van der Waals surface area contributed by atoms with E-state index < -0.39 is 5.82 Å². The minimum absolute atomic E-state index is 0.0335. The highest BCUT2D eigenvalue weighted by molar-refractivity contribution is 5.92. The van der Waals surface area contributed by atoms with Crippen molar-refractivity contribution in [3.05, 3.63) is 59.5 Å². The number of nitrogens with zero attached hydrogens (tertiary/aromatic N) is 5. The van der Waals surface area contributed by atoms with E-state index in [0.29, 0.717) is 11.7 Å². The van der Waals surface area contributed by atoms with Gasteiger partial charge in [0.1, 0.15) is 23.2 Å². The molecule has 8 nitrogen and oxygen atoms in total. The molecule has 1 aromatic carbocycles. The van der Waals surface area contributed by atoms with Gasteiger partial charge in [0.2, 0.25) is 5.76 Å². The molecule has 4 rings (SSSR count). The van der Waals surface area contributed by atoms with Crippen molar-refractivity contribution in [2.45, 2.75) is 25.3 Å². The molecule has 1 fully saturated rings. The van der Waals surface area contributed by atoms with Crippen LogP contribution in [0.15, 0.2) is 40.9 Å². The van der Waals surface area contributed by atoms with Gasteiger partial charge in [-0.3, -0.25) is 4.79 Å². The molecule has 1 saturated heterocycles. The van der Waals surface area contributed by atoms with Crippen molar-refractivity contribution >= 4 is 11.7 Å². The van der Waals surface area contributed by atoms with Crippen LogP contribution in [0.4, 0.5) is 10.2 Å². The fraction of sp³-hybridized carbons (Fsp3) is 0.391. The Balaban J connectivity index is 1.53. The fourth-order valence-corrected chi connectivity index (χ4v) is 3.76. The lowest BCUT2D eigenvalue weighted by Gasteiger charge is -2.24. The highest BCUT2D eigenvalue weighted by atomic mass is 19.1. The topological polar surface area (TPSA) is 87.4 Å². The number of aromatic nitrogens is 3. The lowest BCUT2D eigenvalue weighted by Crippen LogP contribution is -2.30. The summed E-state index contributed by atoms with van der Waals surface area (Å²) in [7, 11) is 5.52. The molecule has 32 heavy (non-hydrogen) atoms. The highest BCUT2D eigenvalue weighted by Gasteiger charge is 2.23. The molecule has 0 aliphatic carbocycles. The van der Waals surface area contributed by atoms with E-state index in [2.05, 4.69) is 15.5 Å². The maximum atomic E-state index is 14.0. The Bertz CT molecular complexity index is 1090. The number of carbonyl (C=O) groups excluding carboxylic acids is 1. The van der Waals surface area contributed by atoms with Gasteiger partial charge in [-0.1, -0.05) is 17.3 Å². The quantitative estimate of drug-likeness (QED) is 0.633. The molecule has 1 amide bonds. The van der Waals surface area contributed by atoms with E-state index in [1.54, 1.807) is 25.2 Å². The molecular formula is C23H27FN6O2. The van der Waals surface area contributed by atoms with E-state index in [-0.39, 0.29) is 29.5 Å². The summed E-state index contributed by atoms with van der Waals surface area (Å²) >= 11 is 0. The Morgan fingerprint density at radius 2 is 2.03 bits per heavy atom. The summed E-state index contributed by atoms with van der Waals surface area (Å²) in [5, 5.41) is 7.28. The van der Waals surface area contributed by atoms with Crippen molar-refractivity contribution in [2.75, 3.05) is 39.1 Å². The Morgan fingerprint density at radius 1 is 1.22 bits per heavy atom. The SMILES string of the molecule is CN(Cc1nc(C2CCCNC2)cc(N(C)C)n1)C(=O)c1cc(-c2ccccc2F)no1. The van der Waals surface area contributed by atoms with Gasteiger partial charge in [0, 0.05) is 51.3 Å². The van der Waals surface area contributed by atoms with Crippen LogP contribution >= 0.6 is 0 Å². The Morgan fingerprint density at radius 3 is 2.75 bits per heavy atom. The largest absolute Gasteiger partial charge is 0.363 e. The Hall–Kier alpha value is -3.33. The van der Waals surface area contributed by atoms with Gasteiger partial charge in [-0.15, -0.1) is 0 Å². The molecule has 1 atom stereocenters. The number of hydrogen-bond donors (Lipinski definition) is 1. The van der Waals surface area contributed by atoms with Gasteiger partial charge in [-0.05, 0) is 31.5 Å². The van der Waals surface area contributed by atoms with Crippen molar-refractivity contribution < 1.29 is 13.7 Å². The van der Waals surface area contributed by atoms with Crippen molar-refractivity contribution in [1.82, 2.24) is 25.3 Å². The van der Waals surface area contributed by atoms with E-state index in [1.165, 1.54) is 17.0 Å². The predicted molar refractivity (Wildman–Crippen MR) is 119 cm³/mol. The summed E-state index contributed by atoms with van der Waals surface area (Å²) in [4.78, 5) is 25.7. The predicted octanol–water partition coefficient (Wildman–Crippen LogP) is 3.08. The molecule has 3 aromatic rings. The molecule has 1 unspecified atom stereocenters. The summed E-state index contributed by atoms with van der Waals surface area (Å²) in [5.74, 6) is 0.917. The van der Waals surface area contributed by atoms with Crippen LogP contribution in [0.2, 0.25) is 0 Å². The summed E-state index contributed by atoms with van der Waals surface area (Å²) in [6.07, 6.45) is 2.18. The van der Waals surface area contributed by atoms with Crippen LogP contribution in [-0.4, -0.2) is 60.2 Å². The second kappa shape index (κ2) is 9.44. The van der Waals surface area contributed by atoms with Crippen molar-refractivity contribution in [1.29, 1.82) is 0 Å². The number of carbonyl (C=O) groups is 1. The van der Waals surface area contributed by atoms with Crippen LogP contribution in [0.25, 0.3) is 11.3 Å². The number of hydrogen-bond acceptors (Lipinski definition) is 7. The molecule has 3 heterocycles. The zero-order chi connectivity index (χ0) is 22.7. The lowest BCUT2D eigenvalue weighted by molar-refractivity contribution is 0.0740. The second-order valence-corrected chi connectivity index (χ2v) is 8.22. The molecule has 1 N–H and O–H groups in total. The Kier molecular flexibility index (Phi) is 6.45. The minimum atomic E-state index is -0.424. The zero-order valence-corrected chi connectivity index (χ0v) is 18.5. The highest BCUT2D eigenvalue weighted by Crippen LogP contribution is 2.25. The van der Waals surface area contributed by atoms with Gasteiger partial charge >= 0.3 is 0 Å². The molecule has 0 saturated carbocycles. The third kappa shape index (κ3) is 4.77. The van der Waals surface area contributed by atoms with Crippen molar-refractivity contribution in [3.8, 4) is 11.3 Å². The zero-order valence-electron chi connectivity index (χ0n) is 18.5. The maximum Gasteiger partial charge on any atom is 0.292 e. The van der Waals surface area contributed by atoms with Crippen LogP contribution in [0.5, 0.6) is 0 Å². The van der Waals surface area contributed by atoms with E-state index in [4.69, 9.17) is 9.51 Å².